The summed E-state index contributed by atoms with van der Waals surface area (Å²) < 4.78 is 32.5. The highest BCUT2D eigenvalue weighted by Gasteiger charge is 2.27. The fraction of sp³-hybridized carbons (Fsp3) is 0.946. The average Bonchev–Trinajstić information content (AvgIpc) is 3.07. The topological polar surface area (TPSA) is 149 Å². The third-order valence-electron chi connectivity index (χ3n) is 8.51. The van der Waals surface area contributed by atoms with Crippen LogP contribution in [0.2, 0.25) is 0 Å². The third kappa shape index (κ3) is 33.5. The van der Waals surface area contributed by atoms with Crippen LogP contribution < -0.4 is 0 Å². The van der Waals surface area contributed by atoms with E-state index in [2.05, 4.69) is 18.4 Å². The second kappa shape index (κ2) is 34.4. The lowest BCUT2D eigenvalue weighted by Crippen LogP contribution is -2.29. The molecule has 0 aromatic carbocycles. The van der Waals surface area contributed by atoms with Crippen LogP contribution in [0.25, 0.3) is 0 Å². The summed E-state index contributed by atoms with van der Waals surface area (Å²) in [5, 5.41) is 18.2. The van der Waals surface area contributed by atoms with E-state index < -0.39 is 51.8 Å². The monoisotopic (exact) mass is 708 g/mol. The Morgan fingerprint density at radius 1 is 0.542 bits per heavy atom. The van der Waals surface area contributed by atoms with Gasteiger partial charge in [-0.15, -0.1) is 0 Å². The van der Waals surface area contributed by atoms with Crippen molar-refractivity contribution in [3.63, 3.8) is 0 Å². The highest BCUT2D eigenvalue weighted by atomic mass is 31.2. The van der Waals surface area contributed by atoms with E-state index in [0.717, 1.165) is 32.1 Å². The maximum Gasteiger partial charge on any atom is 0.472 e. The summed E-state index contributed by atoms with van der Waals surface area (Å²) in [7, 11) is -4.60. The Bertz CT molecular complexity index is 781. The molecule has 3 atom stereocenters. The normalized spacial score (nSPS) is 14.0. The van der Waals surface area contributed by atoms with E-state index in [1.54, 1.807) is 0 Å². The molecule has 286 valence electrons. The molecule has 0 saturated heterocycles. The van der Waals surface area contributed by atoms with Crippen molar-refractivity contribution in [1.82, 2.24) is 0 Å². The summed E-state index contributed by atoms with van der Waals surface area (Å²) in [6, 6.07) is 0. The van der Waals surface area contributed by atoms with Crippen molar-refractivity contribution < 1.29 is 47.8 Å². The van der Waals surface area contributed by atoms with Crippen LogP contribution in [0.4, 0.5) is 0 Å². The number of phosphoric acid groups is 1. The predicted octanol–water partition coefficient (Wildman–Crippen LogP) is 9.50. The van der Waals surface area contributed by atoms with Crippen molar-refractivity contribution in [1.29, 1.82) is 0 Å². The van der Waals surface area contributed by atoms with E-state index in [1.165, 1.54) is 116 Å². The lowest BCUT2D eigenvalue weighted by atomic mass is 10.0. The molecule has 0 aliphatic rings. The van der Waals surface area contributed by atoms with Crippen LogP contribution in [0.3, 0.4) is 0 Å². The number of carbonyl (C=O) groups excluding carboxylic acids is 2. The van der Waals surface area contributed by atoms with Gasteiger partial charge < -0.3 is 24.6 Å². The molecular weight excluding hydrogens is 635 g/mol. The molecule has 3 N–H and O–H groups in total. The van der Waals surface area contributed by atoms with E-state index in [0.29, 0.717) is 12.8 Å². The van der Waals surface area contributed by atoms with Gasteiger partial charge in [0.1, 0.15) is 12.7 Å². The molecule has 1 unspecified atom stereocenters. The Morgan fingerprint density at radius 2 is 0.896 bits per heavy atom. The molecule has 0 fully saturated rings. The summed E-state index contributed by atoms with van der Waals surface area (Å²) in [6.45, 7) is 2.35. The Balaban J connectivity index is 4.21. The summed E-state index contributed by atoms with van der Waals surface area (Å²) in [6.07, 6.45) is 28.0. The van der Waals surface area contributed by atoms with Gasteiger partial charge >= 0.3 is 19.8 Å². The maximum absolute atomic E-state index is 12.5. The van der Waals surface area contributed by atoms with Crippen molar-refractivity contribution in [3.8, 4) is 0 Å². The number of rotatable bonds is 37. The second-order valence-electron chi connectivity index (χ2n) is 13.3. The van der Waals surface area contributed by atoms with Crippen LogP contribution in [0.1, 0.15) is 187 Å². The van der Waals surface area contributed by atoms with Crippen LogP contribution in [-0.4, -0.2) is 65.7 Å². The number of phosphoric ester groups is 1. The Morgan fingerprint density at radius 3 is 1.29 bits per heavy atom. The quantitative estimate of drug-likeness (QED) is 0.0324. The standard InChI is InChI=1S/C37H73O10P/c1-3-5-7-9-11-13-14-15-16-17-18-19-20-21-23-24-26-28-36(40)44-32-35(33-46-48(42,43)45-31-34(39)30-38)47-37(41)29-27-25-22-12-10-8-6-4-2/h34-35,38-39H,3-33H2,1-2H3,(H,42,43)/t34-,35+/m1/s1. The summed E-state index contributed by atoms with van der Waals surface area (Å²) >= 11 is 0. The number of unbranched alkanes of at least 4 members (excludes halogenated alkanes) is 23. The SMILES string of the molecule is CCCCCCCCCCCCCCCCCCCC(=O)OC[C@@H](COP(=O)(O)OC[C@H](O)CO)OC(=O)CCCCCCCCCC. The number of hydrogen-bond acceptors (Lipinski definition) is 9. The number of aliphatic hydroxyl groups excluding tert-OH is 2. The number of ether oxygens (including phenoxy) is 2. The van der Waals surface area contributed by atoms with Crippen LogP contribution in [0.5, 0.6) is 0 Å². The Kier molecular flexibility index (Phi) is 33.7. The highest BCUT2D eigenvalue weighted by Crippen LogP contribution is 2.43. The van der Waals surface area contributed by atoms with Crippen LogP contribution in [0, 0.1) is 0 Å². The molecule has 0 aromatic heterocycles. The van der Waals surface area contributed by atoms with Gasteiger partial charge in [-0.1, -0.05) is 162 Å². The van der Waals surface area contributed by atoms with E-state index >= 15 is 0 Å². The molecule has 0 spiro atoms. The molecule has 0 aliphatic carbocycles. The van der Waals surface area contributed by atoms with Crippen LogP contribution in [0.15, 0.2) is 0 Å². The van der Waals surface area contributed by atoms with E-state index in [1.807, 2.05) is 0 Å². The lowest BCUT2D eigenvalue weighted by Gasteiger charge is -2.20. The second-order valence-corrected chi connectivity index (χ2v) is 14.8. The van der Waals surface area contributed by atoms with E-state index in [-0.39, 0.29) is 19.4 Å². The maximum atomic E-state index is 12.5. The highest BCUT2D eigenvalue weighted by molar-refractivity contribution is 7.47. The van der Waals surface area contributed by atoms with E-state index in [9.17, 15) is 24.2 Å². The van der Waals surface area contributed by atoms with E-state index in [4.69, 9.17) is 19.1 Å². The van der Waals surface area contributed by atoms with Crippen molar-refractivity contribution in [3.05, 3.63) is 0 Å². The molecule has 11 heteroatoms. The smallest absolute Gasteiger partial charge is 0.462 e. The minimum Gasteiger partial charge on any atom is -0.462 e. The van der Waals surface area contributed by atoms with Gasteiger partial charge in [0.05, 0.1) is 19.8 Å². The summed E-state index contributed by atoms with van der Waals surface area (Å²) in [4.78, 5) is 34.7. The van der Waals surface area contributed by atoms with Gasteiger partial charge in [0.2, 0.25) is 0 Å². The molecule has 0 aliphatic heterocycles. The minimum atomic E-state index is -4.60. The molecule has 0 amide bonds. The van der Waals surface area contributed by atoms with Crippen molar-refractivity contribution in [2.45, 2.75) is 199 Å². The zero-order chi connectivity index (χ0) is 35.6. The van der Waals surface area contributed by atoms with Crippen molar-refractivity contribution >= 4 is 19.8 Å². The van der Waals surface area contributed by atoms with Crippen LogP contribution in [-0.2, 0) is 32.7 Å². The average molecular weight is 709 g/mol. The zero-order valence-corrected chi connectivity index (χ0v) is 31.6. The first-order valence-corrected chi connectivity index (χ1v) is 21.0. The molecule has 0 radical (unpaired) electrons. The van der Waals surface area contributed by atoms with Crippen molar-refractivity contribution in [2.24, 2.45) is 0 Å². The van der Waals surface area contributed by atoms with Gasteiger partial charge in [-0.3, -0.25) is 18.6 Å². The first-order valence-electron chi connectivity index (χ1n) is 19.5. The molecule has 0 saturated carbocycles. The Hall–Kier alpha value is -1.03. The van der Waals surface area contributed by atoms with Gasteiger partial charge in [-0.05, 0) is 12.8 Å². The van der Waals surface area contributed by atoms with Crippen LogP contribution >= 0.6 is 7.82 Å². The molecule has 48 heavy (non-hydrogen) atoms. The fourth-order valence-corrected chi connectivity index (χ4v) is 6.25. The van der Waals surface area contributed by atoms with Gasteiger partial charge in [0.15, 0.2) is 6.10 Å². The molecule has 0 bridgehead atoms. The first kappa shape index (κ1) is 47.0. The van der Waals surface area contributed by atoms with Gasteiger partial charge in [-0.25, -0.2) is 4.57 Å². The number of hydrogen-bond donors (Lipinski definition) is 3. The van der Waals surface area contributed by atoms with Gasteiger partial charge in [0.25, 0.3) is 0 Å². The third-order valence-corrected chi connectivity index (χ3v) is 9.46. The molecule has 10 nitrogen and oxygen atoms in total. The first-order chi connectivity index (χ1) is 23.2. The number of aliphatic hydroxyl groups is 2. The van der Waals surface area contributed by atoms with Crippen molar-refractivity contribution in [2.75, 3.05) is 26.4 Å². The van der Waals surface area contributed by atoms with Gasteiger partial charge in [0, 0.05) is 12.8 Å². The number of esters is 2. The molecule has 0 heterocycles. The summed E-state index contributed by atoms with van der Waals surface area (Å²) in [5.41, 5.74) is 0. The summed E-state index contributed by atoms with van der Waals surface area (Å²) in [5.74, 6) is -0.919. The molecule has 0 aromatic rings. The Labute approximate surface area is 293 Å². The fourth-order valence-electron chi connectivity index (χ4n) is 5.46. The number of carbonyl (C=O) groups is 2. The van der Waals surface area contributed by atoms with Gasteiger partial charge in [-0.2, -0.15) is 0 Å². The zero-order valence-electron chi connectivity index (χ0n) is 30.7. The lowest BCUT2D eigenvalue weighted by molar-refractivity contribution is -0.161. The molecule has 0 rings (SSSR count). The minimum absolute atomic E-state index is 0.189. The largest absolute Gasteiger partial charge is 0.472 e. The molecular formula is C37H73O10P. The predicted molar refractivity (Wildman–Crippen MR) is 192 cm³/mol.